The number of nitrogens with one attached hydrogen (secondary N) is 2. The Bertz CT molecular complexity index is 1230. The molecule has 158 valence electrons. The van der Waals surface area contributed by atoms with Gasteiger partial charge < -0.3 is 15.7 Å². The molecule has 4 N–H and O–H groups in total. The summed E-state index contributed by atoms with van der Waals surface area (Å²) in [6, 6.07) is 8.25. The molecule has 4 aromatic rings. The van der Waals surface area contributed by atoms with Crippen LogP contribution in [0.15, 0.2) is 36.4 Å². The van der Waals surface area contributed by atoms with Gasteiger partial charge in [-0.15, -0.1) is 0 Å². The molecule has 0 fully saturated rings. The number of fused-ring (bicyclic) bond motifs is 2. The fraction of sp³-hybridized carbons (Fsp3) is 0.125. The number of nitrogens with two attached hydrogens (primary N) is 1. The van der Waals surface area contributed by atoms with Crippen LogP contribution in [-0.4, -0.2) is 24.9 Å². The first-order chi connectivity index (χ1) is 13.9. The largest absolute Gasteiger partial charge is 0.449 e. The second kappa shape index (κ2) is 7.20. The second-order valence-electron chi connectivity index (χ2n) is 5.84. The standard InChI is InChI=1S/C8H4F3N3O2.C8H6F3N3/c9-8(10,11)7-12-4-2-1-3-5(14(15)16)6(4)13-7;9-8(10,11)7-13-5-3-1-2-4(12)6(5)14-7/h1-3H,(H,12,13);1-3H,12H2,(H,13,14). The summed E-state index contributed by atoms with van der Waals surface area (Å²) in [7, 11) is 0. The van der Waals surface area contributed by atoms with Crippen LogP contribution in [0.2, 0.25) is 0 Å². The highest BCUT2D eigenvalue weighted by molar-refractivity contribution is 5.87. The first-order valence-electron chi connectivity index (χ1n) is 7.89. The van der Waals surface area contributed by atoms with Gasteiger partial charge in [-0.3, -0.25) is 10.1 Å². The van der Waals surface area contributed by atoms with Crippen molar-refractivity contribution in [2.75, 3.05) is 5.73 Å². The summed E-state index contributed by atoms with van der Waals surface area (Å²) < 4.78 is 73.6. The number of imidazole rings is 2. The minimum absolute atomic E-state index is 0.0125. The number of rotatable bonds is 1. The number of nitro groups is 1. The van der Waals surface area contributed by atoms with Crippen molar-refractivity contribution in [3.63, 3.8) is 0 Å². The summed E-state index contributed by atoms with van der Waals surface area (Å²) in [6.07, 6.45) is -9.11. The van der Waals surface area contributed by atoms with E-state index in [0.717, 1.165) is 6.07 Å². The molecule has 14 heteroatoms. The molecular weight excluding hydrogens is 422 g/mol. The van der Waals surface area contributed by atoms with E-state index in [-0.39, 0.29) is 27.8 Å². The quantitative estimate of drug-likeness (QED) is 0.175. The van der Waals surface area contributed by atoms with Crippen LogP contribution in [0.5, 0.6) is 0 Å². The number of aromatic nitrogens is 4. The van der Waals surface area contributed by atoms with E-state index in [2.05, 4.69) is 15.0 Å². The van der Waals surface area contributed by atoms with Gasteiger partial charge in [0.25, 0.3) is 5.69 Å². The fourth-order valence-electron chi connectivity index (χ4n) is 2.49. The molecule has 0 radical (unpaired) electrons. The van der Waals surface area contributed by atoms with Crippen LogP contribution in [0, 0.1) is 10.1 Å². The Balaban J connectivity index is 0.000000172. The molecule has 0 aliphatic rings. The molecule has 2 aromatic heterocycles. The molecule has 0 saturated carbocycles. The number of nitro benzene ring substituents is 1. The zero-order valence-electron chi connectivity index (χ0n) is 14.5. The number of non-ortho nitro benzene ring substituents is 1. The van der Waals surface area contributed by atoms with Crippen molar-refractivity contribution in [2.45, 2.75) is 12.4 Å². The van der Waals surface area contributed by atoms with Crippen molar-refractivity contribution in [1.29, 1.82) is 0 Å². The molecule has 8 nitrogen and oxygen atoms in total. The minimum Gasteiger partial charge on any atom is -0.397 e. The Morgan fingerprint density at radius 1 is 0.833 bits per heavy atom. The third kappa shape index (κ3) is 4.11. The second-order valence-corrected chi connectivity index (χ2v) is 5.84. The Hall–Kier alpha value is -3.84. The number of hydrogen-bond acceptors (Lipinski definition) is 5. The summed E-state index contributed by atoms with van der Waals surface area (Å²) in [4.78, 5) is 20.5. The third-order valence-electron chi connectivity index (χ3n) is 3.77. The van der Waals surface area contributed by atoms with Crippen LogP contribution in [0.1, 0.15) is 11.6 Å². The van der Waals surface area contributed by atoms with Crippen molar-refractivity contribution in [3.8, 4) is 0 Å². The van der Waals surface area contributed by atoms with Gasteiger partial charge in [-0.1, -0.05) is 12.1 Å². The summed E-state index contributed by atoms with van der Waals surface area (Å²) in [5.74, 6) is -2.26. The number of hydrogen-bond donors (Lipinski definition) is 3. The first kappa shape index (κ1) is 20.9. The lowest BCUT2D eigenvalue weighted by Crippen LogP contribution is -2.06. The van der Waals surface area contributed by atoms with E-state index in [1.807, 2.05) is 4.98 Å². The zero-order chi connectivity index (χ0) is 22.3. The lowest BCUT2D eigenvalue weighted by Gasteiger charge is -1.98. The molecule has 0 amide bonds. The molecule has 0 aliphatic carbocycles. The Morgan fingerprint density at radius 3 is 1.77 bits per heavy atom. The lowest BCUT2D eigenvalue weighted by atomic mass is 10.3. The fourth-order valence-corrected chi connectivity index (χ4v) is 2.49. The zero-order valence-corrected chi connectivity index (χ0v) is 14.5. The van der Waals surface area contributed by atoms with Gasteiger partial charge in [-0.25, -0.2) is 9.97 Å². The average Bonchev–Trinajstić information content (AvgIpc) is 3.26. The van der Waals surface area contributed by atoms with Crippen molar-refractivity contribution < 1.29 is 31.3 Å². The van der Waals surface area contributed by atoms with E-state index in [9.17, 15) is 36.5 Å². The predicted octanol–water partition coefficient (Wildman–Crippen LogP) is 4.65. The highest BCUT2D eigenvalue weighted by Gasteiger charge is 2.36. The van der Waals surface area contributed by atoms with Gasteiger partial charge in [0.2, 0.25) is 11.6 Å². The van der Waals surface area contributed by atoms with Crippen molar-refractivity contribution >= 4 is 33.4 Å². The molecule has 0 aliphatic heterocycles. The summed E-state index contributed by atoms with van der Waals surface area (Å²) in [6.45, 7) is 0. The molecule has 0 atom stereocenters. The van der Waals surface area contributed by atoms with Crippen molar-refractivity contribution in [2.24, 2.45) is 0 Å². The molecule has 0 saturated heterocycles. The van der Waals surface area contributed by atoms with Crippen LogP contribution < -0.4 is 5.73 Å². The van der Waals surface area contributed by atoms with Gasteiger partial charge in [0.15, 0.2) is 5.52 Å². The summed E-state index contributed by atoms with van der Waals surface area (Å²) in [5, 5.41) is 10.5. The number of alkyl halides is 6. The normalized spacial score (nSPS) is 12.1. The SMILES string of the molecule is Nc1cccc2[nH]c(C(F)(F)F)nc12.O=[N+]([O-])c1cccc2[nH]c(C(F)(F)F)nc12. The van der Waals surface area contributed by atoms with E-state index in [0.29, 0.717) is 0 Å². The van der Waals surface area contributed by atoms with Gasteiger partial charge in [0.05, 0.1) is 21.6 Å². The summed E-state index contributed by atoms with van der Waals surface area (Å²) >= 11 is 0. The number of para-hydroxylation sites is 2. The maximum Gasteiger partial charge on any atom is 0.449 e. The van der Waals surface area contributed by atoms with Crippen LogP contribution in [-0.2, 0) is 12.4 Å². The van der Waals surface area contributed by atoms with Gasteiger partial charge in [0, 0.05) is 6.07 Å². The average molecular weight is 432 g/mol. The highest BCUT2D eigenvalue weighted by atomic mass is 19.4. The van der Waals surface area contributed by atoms with Crippen LogP contribution in [0.3, 0.4) is 0 Å². The minimum atomic E-state index is -4.65. The Morgan fingerprint density at radius 2 is 1.30 bits per heavy atom. The Labute approximate surface area is 161 Å². The van der Waals surface area contributed by atoms with Gasteiger partial charge in [0.1, 0.15) is 5.52 Å². The summed E-state index contributed by atoms with van der Waals surface area (Å²) in [5.41, 5.74) is 5.38. The number of anilines is 1. The number of benzene rings is 2. The number of aromatic amines is 2. The molecular formula is C16H10F6N6O2. The molecule has 30 heavy (non-hydrogen) atoms. The molecule has 0 bridgehead atoms. The van der Waals surface area contributed by atoms with E-state index in [1.165, 1.54) is 24.3 Å². The monoisotopic (exact) mass is 432 g/mol. The highest BCUT2D eigenvalue weighted by Crippen LogP contribution is 2.31. The maximum absolute atomic E-state index is 12.3. The molecule has 2 aromatic carbocycles. The number of nitrogens with zero attached hydrogens (tertiary/aromatic N) is 3. The van der Waals surface area contributed by atoms with Gasteiger partial charge >= 0.3 is 12.4 Å². The lowest BCUT2D eigenvalue weighted by molar-refractivity contribution is -0.383. The Kier molecular flexibility index (Phi) is 5.01. The molecule has 0 spiro atoms. The maximum atomic E-state index is 12.3. The number of halogens is 6. The van der Waals surface area contributed by atoms with E-state index in [1.54, 1.807) is 6.07 Å². The van der Waals surface area contributed by atoms with E-state index < -0.39 is 34.6 Å². The topological polar surface area (TPSA) is 127 Å². The smallest absolute Gasteiger partial charge is 0.397 e. The number of nitrogen functional groups attached to an aromatic ring is 1. The van der Waals surface area contributed by atoms with E-state index >= 15 is 0 Å². The molecule has 4 rings (SSSR count). The predicted molar refractivity (Wildman–Crippen MR) is 93.3 cm³/mol. The van der Waals surface area contributed by atoms with Crippen molar-refractivity contribution in [1.82, 2.24) is 19.9 Å². The van der Waals surface area contributed by atoms with Crippen LogP contribution >= 0.6 is 0 Å². The van der Waals surface area contributed by atoms with E-state index in [4.69, 9.17) is 5.73 Å². The molecule has 0 unspecified atom stereocenters. The number of H-pyrrole nitrogens is 2. The van der Waals surface area contributed by atoms with Gasteiger partial charge in [-0.2, -0.15) is 26.3 Å². The molecule has 2 heterocycles. The van der Waals surface area contributed by atoms with Crippen LogP contribution in [0.4, 0.5) is 37.7 Å². The van der Waals surface area contributed by atoms with Gasteiger partial charge in [-0.05, 0) is 18.2 Å². The third-order valence-corrected chi connectivity index (χ3v) is 3.77. The van der Waals surface area contributed by atoms with Crippen LogP contribution in [0.25, 0.3) is 22.1 Å². The van der Waals surface area contributed by atoms with Crippen molar-refractivity contribution in [3.05, 3.63) is 58.2 Å². The first-order valence-corrected chi connectivity index (χ1v) is 7.89.